The number of nitrogens with one attached hydrogen (secondary N) is 3. The lowest BCUT2D eigenvalue weighted by atomic mass is 9.59. The van der Waals surface area contributed by atoms with Crippen molar-refractivity contribution >= 4 is 55.4 Å². The van der Waals surface area contributed by atoms with Crippen molar-refractivity contribution in [3.63, 3.8) is 0 Å². The number of ether oxygens (including phenoxy) is 3. The minimum atomic E-state index is -4.70. The van der Waals surface area contributed by atoms with Gasteiger partial charge in [0.2, 0.25) is 5.88 Å². The third kappa shape index (κ3) is 8.28. The van der Waals surface area contributed by atoms with Crippen LogP contribution in [-0.4, -0.2) is 103 Å². The average Bonchev–Trinajstić information content (AvgIpc) is 4.16. The predicted molar refractivity (Wildman–Crippen MR) is 268 cm³/mol. The van der Waals surface area contributed by atoms with Crippen LogP contribution >= 0.6 is 0 Å². The van der Waals surface area contributed by atoms with Crippen LogP contribution in [0.5, 0.6) is 11.6 Å². The molecule has 3 aromatic heterocycles. The van der Waals surface area contributed by atoms with Crippen molar-refractivity contribution in [1.29, 1.82) is 0 Å². The summed E-state index contributed by atoms with van der Waals surface area (Å²) >= 11 is 0. The number of carbonyl (C=O) groups excluding carboxylic acids is 1. The lowest BCUT2D eigenvalue weighted by Gasteiger charge is -2.56. The summed E-state index contributed by atoms with van der Waals surface area (Å²) in [5, 5.41) is 16.5. The van der Waals surface area contributed by atoms with Gasteiger partial charge in [0.25, 0.3) is 21.6 Å². The van der Waals surface area contributed by atoms with Crippen molar-refractivity contribution in [1.82, 2.24) is 24.6 Å². The van der Waals surface area contributed by atoms with E-state index in [0.717, 1.165) is 55.3 Å². The summed E-state index contributed by atoms with van der Waals surface area (Å²) in [4.78, 5) is 45.6. The molecule has 6 aliphatic rings. The maximum absolute atomic E-state index is 14.7. The summed E-state index contributed by atoms with van der Waals surface area (Å²) in [7, 11) is -4.70. The number of rotatable bonds is 11. The second kappa shape index (κ2) is 17.8. The fraction of sp³-hybridized carbons (Fsp3) is 0.415. The van der Waals surface area contributed by atoms with Gasteiger partial charge in [0.1, 0.15) is 24.0 Å². The first-order chi connectivity index (χ1) is 34.4. The Balaban J connectivity index is 0.828. The molecule has 1 aliphatic carbocycles. The number of fused-ring (bicyclic) bond motifs is 4. The molecule has 17 nitrogen and oxygen atoms in total. The van der Waals surface area contributed by atoms with Crippen LogP contribution in [0.25, 0.3) is 11.0 Å². The van der Waals surface area contributed by atoms with E-state index in [1.54, 1.807) is 24.5 Å². The van der Waals surface area contributed by atoms with Gasteiger partial charge < -0.3 is 34.3 Å². The number of H-pyrrole nitrogens is 1. The van der Waals surface area contributed by atoms with Gasteiger partial charge in [-0.25, -0.2) is 13.1 Å². The number of sulfonamides is 1. The highest BCUT2D eigenvalue weighted by molar-refractivity contribution is 7.90. The molecular formula is C53H57N9O8S. The Hall–Kier alpha value is -6.76. The molecule has 3 N–H and O–H groups in total. The molecule has 3 aromatic carbocycles. The Morgan fingerprint density at radius 1 is 0.972 bits per heavy atom. The molecule has 71 heavy (non-hydrogen) atoms. The smallest absolute Gasteiger partial charge is 0.297 e. The van der Waals surface area contributed by atoms with Gasteiger partial charge in [-0.2, -0.15) is 4.98 Å². The summed E-state index contributed by atoms with van der Waals surface area (Å²) in [5.74, 6) is -0.0721. The molecule has 5 aliphatic heterocycles. The number of benzene rings is 3. The highest BCUT2D eigenvalue weighted by Crippen LogP contribution is 2.55. The van der Waals surface area contributed by atoms with Crippen LogP contribution in [0.1, 0.15) is 91.5 Å². The Morgan fingerprint density at radius 2 is 1.80 bits per heavy atom. The van der Waals surface area contributed by atoms with Gasteiger partial charge in [-0.3, -0.25) is 24.8 Å². The van der Waals surface area contributed by atoms with Crippen LogP contribution in [0.2, 0.25) is 0 Å². The predicted octanol–water partition coefficient (Wildman–Crippen LogP) is 8.41. The molecule has 1 saturated carbocycles. The molecule has 0 bridgehead atoms. The van der Waals surface area contributed by atoms with Crippen LogP contribution in [0.3, 0.4) is 0 Å². The molecule has 368 valence electrons. The summed E-state index contributed by atoms with van der Waals surface area (Å²) in [6.45, 7) is 8.10. The number of carbonyl (C=O) groups is 1. The van der Waals surface area contributed by atoms with Gasteiger partial charge in [0, 0.05) is 72.9 Å². The third-order valence-corrected chi connectivity index (χ3v) is 17.2. The topological polar surface area (TPSA) is 197 Å². The molecule has 0 unspecified atom stereocenters. The molecule has 12 rings (SSSR count). The number of nitrogens with zero attached hydrogens (tertiary/aromatic N) is 6. The van der Waals surface area contributed by atoms with Gasteiger partial charge in [-0.1, -0.05) is 44.2 Å². The molecule has 1 spiro atoms. The van der Waals surface area contributed by atoms with Gasteiger partial charge >= 0.3 is 0 Å². The highest BCUT2D eigenvalue weighted by Gasteiger charge is 2.50. The number of hydrogen-bond donors (Lipinski definition) is 3. The maximum Gasteiger partial charge on any atom is 0.297 e. The molecule has 4 atom stereocenters. The summed E-state index contributed by atoms with van der Waals surface area (Å²) in [6.07, 6.45) is 10.4. The lowest BCUT2D eigenvalue weighted by molar-refractivity contribution is -0.384. The number of nitro benzene ring substituents is 1. The first kappa shape index (κ1) is 45.4. The molecule has 8 heterocycles. The van der Waals surface area contributed by atoms with Crippen molar-refractivity contribution in [2.45, 2.75) is 99.9 Å². The highest BCUT2D eigenvalue weighted by atomic mass is 32.2. The normalized spacial score (nSPS) is 22.8. The Bertz CT molecular complexity index is 3150. The Morgan fingerprint density at radius 3 is 2.61 bits per heavy atom. The number of aromatic nitrogens is 3. The summed E-state index contributed by atoms with van der Waals surface area (Å²) < 4.78 is 49.3. The summed E-state index contributed by atoms with van der Waals surface area (Å²) in [5.41, 5.74) is 6.27. The monoisotopic (exact) mass is 979 g/mol. The number of amides is 1. The first-order valence-electron chi connectivity index (χ1n) is 24.8. The summed E-state index contributed by atoms with van der Waals surface area (Å²) in [6, 6.07) is 26.4. The quantitative estimate of drug-likeness (QED) is 0.0826. The number of likely N-dealkylation sites (tertiary alicyclic amines) is 1. The van der Waals surface area contributed by atoms with Crippen LogP contribution < -0.4 is 29.3 Å². The van der Waals surface area contributed by atoms with Crippen LogP contribution in [-0.2, 0) is 21.2 Å². The van der Waals surface area contributed by atoms with Crippen molar-refractivity contribution in [3.05, 3.63) is 130 Å². The minimum absolute atomic E-state index is 0.0107. The number of pyridine rings is 2. The van der Waals surface area contributed by atoms with E-state index in [1.165, 1.54) is 42.9 Å². The van der Waals surface area contributed by atoms with E-state index in [4.69, 9.17) is 19.2 Å². The molecule has 18 heteroatoms. The van der Waals surface area contributed by atoms with Gasteiger partial charge in [-0.15, -0.1) is 0 Å². The molecule has 0 radical (unpaired) electrons. The fourth-order valence-electron chi connectivity index (χ4n) is 12.2. The molecule has 1 amide bonds. The zero-order chi connectivity index (χ0) is 48.6. The largest absolute Gasteiger partial charge is 0.489 e. The van der Waals surface area contributed by atoms with Crippen molar-refractivity contribution in [3.8, 4) is 11.6 Å². The first-order valence-corrected chi connectivity index (χ1v) is 26.3. The standard InChI is InChI=1S/C53H57N9O8S/c1-32(2)39-9-3-4-10-40(39)42-11-7-19-60(42)37-27-53(28-37)15-20-59(21-16-53)36-12-13-41(43(24-36)61-45-22-33-14-18-55-50(33)57-52(45)70-48-31-68-30-46(48)61)51(63)58-71(66,67)38-25-44(62(64)65)49-47(26-38)69-29-35(56-49)23-34-8-5-6-17-54-34/h3-6,8-10,12-14,17-18,22,24-26,32,35,37,42,46,48,56H,7,11,15-16,19-21,23,27-31H2,1-2H3,(H,55,57)(H,58,63)/t35-,42+,46-,48-/m1/s1. The van der Waals surface area contributed by atoms with Crippen LogP contribution in [0, 0.1) is 15.5 Å². The third-order valence-electron chi connectivity index (χ3n) is 15.8. The van der Waals surface area contributed by atoms with Crippen LogP contribution in [0.15, 0.2) is 102 Å². The zero-order valence-corrected chi connectivity index (χ0v) is 40.6. The van der Waals surface area contributed by atoms with E-state index in [0.29, 0.717) is 60.5 Å². The fourth-order valence-corrected chi connectivity index (χ4v) is 13.2. The van der Waals surface area contributed by atoms with E-state index >= 15 is 0 Å². The van der Waals surface area contributed by atoms with Crippen molar-refractivity contribution in [2.24, 2.45) is 5.41 Å². The molecule has 4 fully saturated rings. The molecule has 6 aromatic rings. The van der Waals surface area contributed by atoms with E-state index in [-0.39, 0.29) is 41.1 Å². The van der Waals surface area contributed by atoms with E-state index in [2.05, 4.69) is 67.9 Å². The number of aromatic amines is 1. The van der Waals surface area contributed by atoms with Crippen molar-refractivity contribution < 1.29 is 32.3 Å². The molecule has 3 saturated heterocycles. The number of nitro groups is 1. The van der Waals surface area contributed by atoms with Crippen molar-refractivity contribution in [2.75, 3.05) is 54.6 Å². The number of piperidine rings is 1. The minimum Gasteiger partial charge on any atom is -0.489 e. The second-order valence-electron chi connectivity index (χ2n) is 20.5. The van der Waals surface area contributed by atoms with Gasteiger partial charge in [0.05, 0.1) is 46.4 Å². The molecular weight excluding hydrogens is 923 g/mol. The van der Waals surface area contributed by atoms with E-state index in [1.807, 2.05) is 41.3 Å². The number of hydrogen-bond acceptors (Lipinski definition) is 14. The van der Waals surface area contributed by atoms with Gasteiger partial charge in [0.15, 0.2) is 11.4 Å². The Kier molecular flexibility index (Phi) is 11.4. The van der Waals surface area contributed by atoms with Gasteiger partial charge in [-0.05, 0) is 110 Å². The lowest BCUT2D eigenvalue weighted by Crippen LogP contribution is -2.55. The maximum atomic E-state index is 14.7. The SMILES string of the molecule is CC(C)c1ccccc1[C@@H]1CCCN1C1CC2(CCN(c3ccc(C(=O)NS(=O)(=O)c4cc5c(c([N+](=O)[O-])c4)N[C@H](Cc4ccccn4)CO5)c(N4c5cc6cc[nH]c6nc5O[C@@H]5COC[C@H]54)c3)CC2)C1. The van der Waals surface area contributed by atoms with E-state index < -0.39 is 37.5 Å². The van der Waals surface area contributed by atoms with Crippen LogP contribution in [0.4, 0.5) is 28.4 Å². The number of anilines is 4. The average molecular weight is 980 g/mol. The zero-order valence-electron chi connectivity index (χ0n) is 39.8. The second-order valence-corrected chi connectivity index (χ2v) is 22.2. The van der Waals surface area contributed by atoms with E-state index in [9.17, 15) is 23.3 Å². The Labute approximate surface area is 412 Å².